The van der Waals surface area contributed by atoms with Crippen LogP contribution < -0.4 is 4.74 Å². The van der Waals surface area contributed by atoms with E-state index in [1.54, 1.807) is 24.5 Å². The second-order valence-corrected chi connectivity index (χ2v) is 7.27. The summed E-state index contributed by atoms with van der Waals surface area (Å²) in [5.74, 6) is 0.815. The van der Waals surface area contributed by atoms with Crippen LogP contribution in [0.5, 0.6) is 5.75 Å². The lowest BCUT2D eigenvalue weighted by molar-refractivity contribution is 0.0656. The van der Waals surface area contributed by atoms with Crippen molar-refractivity contribution in [1.82, 2.24) is 9.88 Å². The van der Waals surface area contributed by atoms with Crippen molar-refractivity contribution >= 4 is 28.7 Å². The maximum Gasteiger partial charge on any atom is 0.407 e. The second kappa shape index (κ2) is 8.01. The van der Waals surface area contributed by atoms with E-state index < -0.39 is 12.2 Å². The minimum Gasteiger partial charge on any atom is -0.488 e. The Morgan fingerprint density at radius 1 is 1.44 bits per heavy atom. The molecule has 2 N–H and O–H groups in total. The molecule has 0 bridgehead atoms. The van der Waals surface area contributed by atoms with Gasteiger partial charge in [-0.3, -0.25) is 4.98 Å². The van der Waals surface area contributed by atoms with Gasteiger partial charge in [0.1, 0.15) is 11.9 Å². The highest BCUT2D eigenvalue weighted by atomic mass is 127. The Balaban J connectivity index is 1.64. The number of hydrogen-bond acceptors (Lipinski definition) is 4. The summed E-state index contributed by atoms with van der Waals surface area (Å²) in [7, 11) is 0. The monoisotopic (exact) mass is 454 g/mol. The number of aliphatic hydroxyl groups excluding tert-OH is 1. The average molecular weight is 454 g/mol. The first-order chi connectivity index (χ1) is 12.0. The predicted molar refractivity (Wildman–Crippen MR) is 101 cm³/mol. The molecule has 0 radical (unpaired) electrons. The molecule has 0 aliphatic carbocycles. The zero-order valence-corrected chi connectivity index (χ0v) is 15.7. The number of carboxylic acid groups (broad SMARTS) is 1. The van der Waals surface area contributed by atoms with E-state index in [9.17, 15) is 15.0 Å². The highest BCUT2D eigenvalue weighted by Gasteiger charge is 2.26. The van der Waals surface area contributed by atoms with Gasteiger partial charge in [0.25, 0.3) is 0 Å². The van der Waals surface area contributed by atoms with Gasteiger partial charge < -0.3 is 19.8 Å². The molecule has 3 rings (SSSR count). The summed E-state index contributed by atoms with van der Waals surface area (Å²) in [6.07, 6.45) is 2.56. The largest absolute Gasteiger partial charge is 0.488 e. The molecule has 1 aromatic heterocycles. The smallest absolute Gasteiger partial charge is 0.407 e. The third kappa shape index (κ3) is 4.60. The van der Waals surface area contributed by atoms with Crippen LogP contribution in [0.3, 0.4) is 0 Å². The van der Waals surface area contributed by atoms with E-state index in [0.717, 1.165) is 27.7 Å². The third-order valence-corrected chi connectivity index (χ3v) is 4.88. The summed E-state index contributed by atoms with van der Waals surface area (Å²) < 4.78 is 7.11. The highest BCUT2D eigenvalue weighted by Crippen LogP contribution is 2.29. The number of carbonyl (C=O) groups is 1. The van der Waals surface area contributed by atoms with E-state index in [1.165, 1.54) is 4.90 Å². The van der Waals surface area contributed by atoms with Crippen molar-refractivity contribution in [3.05, 3.63) is 57.4 Å². The van der Waals surface area contributed by atoms with Crippen molar-refractivity contribution in [2.45, 2.75) is 25.0 Å². The fourth-order valence-electron chi connectivity index (χ4n) is 2.91. The number of pyridine rings is 1. The summed E-state index contributed by atoms with van der Waals surface area (Å²) in [6, 6.07) is 9.44. The van der Waals surface area contributed by atoms with Crippen LogP contribution in [-0.2, 0) is 6.42 Å². The normalized spacial score (nSPS) is 17.3. The maximum absolute atomic E-state index is 11.6. The highest BCUT2D eigenvalue weighted by molar-refractivity contribution is 14.1. The van der Waals surface area contributed by atoms with Gasteiger partial charge in [-0.2, -0.15) is 0 Å². The average Bonchev–Trinajstić information content (AvgIpc) is 2.61. The third-order valence-electron chi connectivity index (χ3n) is 4.21. The van der Waals surface area contributed by atoms with E-state index in [1.807, 2.05) is 12.1 Å². The first-order valence-corrected chi connectivity index (χ1v) is 9.11. The molecular formula is C18H19IN2O4. The number of halogens is 1. The second-order valence-electron chi connectivity index (χ2n) is 6.02. The topological polar surface area (TPSA) is 82.9 Å². The molecule has 7 heteroatoms. The Bertz CT molecular complexity index is 741. The first-order valence-electron chi connectivity index (χ1n) is 8.04. The SMILES string of the molecule is O=C(O)N(CC(O)c1cccnc1)C[C@H]1CCc2cc(I)ccc2O1. The fraction of sp³-hybridized carbons (Fsp3) is 0.333. The van der Waals surface area contributed by atoms with Gasteiger partial charge in [0.05, 0.1) is 19.2 Å². The van der Waals surface area contributed by atoms with Crippen LogP contribution >= 0.6 is 22.6 Å². The van der Waals surface area contributed by atoms with E-state index in [-0.39, 0.29) is 19.2 Å². The zero-order chi connectivity index (χ0) is 17.8. The fourth-order valence-corrected chi connectivity index (χ4v) is 3.46. The Morgan fingerprint density at radius 2 is 2.28 bits per heavy atom. The van der Waals surface area contributed by atoms with Gasteiger partial charge in [-0.1, -0.05) is 6.07 Å². The Labute approximate surface area is 159 Å². The molecule has 1 aromatic carbocycles. The molecular weight excluding hydrogens is 435 g/mol. The Morgan fingerprint density at radius 3 is 3.00 bits per heavy atom. The number of rotatable bonds is 5. The van der Waals surface area contributed by atoms with Crippen LogP contribution in [0.25, 0.3) is 0 Å². The molecule has 25 heavy (non-hydrogen) atoms. The predicted octanol–water partition coefficient (Wildman–Crippen LogP) is 3.09. The van der Waals surface area contributed by atoms with Gasteiger partial charge in [0.15, 0.2) is 0 Å². The number of fused-ring (bicyclic) bond motifs is 1. The summed E-state index contributed by atoms with van der Waals surface area (Å²) in [6.45, 7) is 0.207. The van der Waals surface area contributed by atoms with Gasteiger partial charge in [-0.15, -0.1) is 0 Å². The van der Waals surface area contributed by atoms with Crippen molar-refractivity contribution in [3.63, 3.8) is 0 Å². The van der Waals surface area contributed by atoms with Crippen LogP contribution in [0, 0.1) is 3.57 Å². The number of benzene rings is 1. The minimum atomic E-state index is -1.07. The molecule has 6 nitrogen and oxygen atoms in total. The number of aromatic nitrogens is 1. The lowest BCUT2D eigenvalue weighted by atomic mass is 10.0. The van der Waals surface area contributed by atoms with Crippen LogP contribution in [0.15, 0.2) is 42.7 Å². The molecule has 2 atom stereocenters. The van der Waals surface area contributed by atoms with Crippen LogP contribution in [-0.4, -0.2) is 45.4 Å². The van der Waals surface area contributed by atoms with E-state index in [2.05, 4.69) is 33.6 Å². The molecule has 0 saturated heterocycles. The number of ether oxygens (including phenoxy) is 1. The minimum absolute atomic E-state index is 0.0135. The van der Waals surface area contributed by atoms with Crippen molar-refractivity contribution in [2.75, 3.05) is 13.1 Å². The summed E-state index contributed by atoms with van der Waals surface area (Å²) in [5.41, 5.74) is 1.75. The van der Waals surface area contributed by atoms with Gasteiger partial charge in [0.2, 0.25) is 0 Å². The van der Waals surface area contributed by atoms with Gasteiger partial charge >= 0.3 is 6.09 Å². The molecule has 0 fully saturated rings. The van der Waals surface area contributed by atoms with Crippen molar-refractivity contribution in [2.24, 2.45) is 0 Å². The number of aliphatic hydroxyl groups is 1. The quantitative estimate of drug-likeness (QED) is 0.679. The number of hydrogen-bond donors (Lipinski definition) is 2. The number of amides is 1. The standard InChI is InChI=1S/C18H19IN2O4/c19-14-4-6-17-12(8-14)3-5-15(25-17)10-21(18(23)24)11-16(22)13-2-1-7-20-9-13/h1-2,4,6-9,15-16,22H,3,5,10-11H2,(H,23,24)/t15-,16?/m1/s1. The van der Waals surface area contributed by atoms with E-state index >= 15 is 0 Å². The molecule has 1 aliphatic rings. The molecule has 0 saturated carbocycles. The molecule has 1 aliphatic heterocycles. The van der Waals surface area contributed by atoms with Crippen LogP contribution in [0.1, 0.15) is 23.7 Å². The van der Waals surface area contributed by atoms with E-state index in [4.69, 9.17) is 4.74 Å². The molecule has 2 aromatic rings. The zero-order valence-electron chi connectivity index (χ0n) is 13.5. The molecule has 1 unspecified atom stereocenters. The maximum atomic E-state index is 11.6. The Hall–Kier alpha value is -1.87. The summed E-state index contributed by atoms with van der Waals surface area (Å²) >= 11 is 2.26. The first kappa shape index (κ1) is 17.9. The van der Waals surface area contributed by atoms with Crippen LogP contribution in [0.4, 0.5) is 4.79 Å². The van der Waals surface area contributed by atoms with Crippen molar-refractivity contribution in [1.29, 1.82) is 0 Å². The van der Waals surface area contributed by atoms with Crippen LogP contribution in [0.2, 0.25) is 0 Å². The number of nitrogens with zero attached hydrogens (tertiary/aromatic N) is 2. The Kier molecular flexibility index (Phi) is 5.74. The van der Waals surface area contributed by atoms with Gasteiger partial charge in [-0.05, 0) is 65.3 Å². The number of aryl methyl sites for hydroxylation is 1. The molecule has 0 spiro atoms. The lowest BCUT2D eigenvalue weighted by Gasteiger charge is -2.31. The summed E-state index contributed by atoms with van der Waals surface area (Å²) in [4.78, 5) is 16.7. The van der Waals surface area contributed by atoms with Gasteiger partial charge in [-0.25, -0.2) is 4.79 Å². The van der Waals surface area contributed by atoms with Gasteiger partial charge in [0, 0.05) is 21.5 Å². The van der Waals surface area contributed by atoms with E-state index in [0.29, 0.717) is 5.56 Å². The van der Waals surface area contributed by atoms with Crippen molar-refractivity contribution in [3.8, 4) is 5.75 Å². The molecule has 132 valence electrons. The molecule has 2 heterocycles. The lowest BCUT2D eigenvalue weighted by Crippen LogP contribution is -2.42. The summed E-state index contributed by atoms with van der Waals surface area (Å²) in [5, 5.41) is 19.7. The van der Waals surface area contributed by atoms with Crippen molar-refractivity contribution < 1.29 is 19.7 Å². The molecule has 1 amide bonds.